The van der Waals surface area contributed by atoms with Gasteiger partial charge < -0.3 is 15.7 Å². The molecular weight excluding hydrogens is 348 g/mol. The average molecular weight is 364 g/mol. The summed E-state index contributed by atoms with van der Waals surface area (Å²) >= 11 is 1.44. The highest BCUT2D eigenvalue weighted by Crippen LogP contribution is 2.17. The molecule has 0 aliphatic heterocycles. The number of hydrogen-bond acceptors (Lipinski definition) is 7. The van der Waals surface area contributed by atoms with Gasteiger partial charge in [0, 0.05) is 24.0 Å². The molecule has 0 bridgehead atoms. The number of nitro benzene ring substituents is 1. The monoisotopic (exact) mass is 364 g/mol. The Kier molecular flexibility index (Phi) is 7.95. The van der Waals surface area contributed by atoms with E-state index in [1.165, 1.54) is 36.0 Å². The highest BCUT2D eigenvalue weighted by molar-refractivity contribution is 7.98. The van der Waals surface area contributed by atoms with Gasteiger partial charge in [-0.05, 0) is 24.5 Å². The minimum Gasteiger partial charge on any atom is -0.480 e. The third kappa shape index (κ3) is 6.52. The molecule has 3 N–H and O–H groups in total. The molecule has 1 rings (SSSR count). The molecule has 10 heteroatoms. The second kappa shape index (κ2) is 9.94. The topological polar surface area (TPSA) is 145 Å². The van der Waals surface area contributed by atoms with Crippen molar-refractivity contribution in [2.75, 3.05) is 17.3 Å². The van der Waals surface area contributed by atoms with E-state index in [1.54, 1.807) is 6.07 Å². The third-order valence-electron chi connectivity index (χ3n) is 3.02. The number of nitro groups is 1. The molecule has 0 aromatic heterocycles. The van der Waals surface area contributed by atoms with Crippen molar-refractivity contribution in [1.29, 1.82) is 5.26 Å². The second-order valence-corrected chi connectivity index (χ2v) is 5.75. The van der Waals surface area contributed by atoms with E-state index in [0.29, 0.717) is 11.4 Å². The molecule has 0 saturated heterocycles. The summed E-state index contributed by atoms with van der Waals surface area (Å²) in [4.78, 5) is 33.3. The van der Waals surface area contributed by atoms with Crippen LogP contribution in [0, 0.1) is 21.4 Å². The number of carbonyl (C=O) groups is 2. The Hall–Kier alpha value is -3.06. The molecule has 9 nitrogen and oxygen atoms in total. The molecule has 132 valence electrons. The quantitative estimate of drug-likeness (QED) is 0.260. The van der Waals surface area contributed by atoms with E-state index in [-0.39, 0.29) is 17.7 Å². The largest absolute Gasteiger partial charge is 0.480 e. The van der Waals surface area contributed by atoms with E-state index in [9.17, 15) is 19.7 Å². The standard InChI is InChI=1S/C15H16N4O5S/c1-25-6-5-13(15(21)22)18-14(20)10(8-16)9-17-11-3-2-4-12(7-11)19(23)24/h2-4,7,9,13,17H,5-6H2,1H3,(H,18,20)(H,21,22)/b10-9-. The van der Waals surface area contributed by atoms with E-state index >= 15 is 0 Å². The minimum atomic E-state index is -1.19. The Morgan fingerprint density at radius 2 is 2.24 bits per heavy atom. The molecular formula is C15H16N4O5S. The molecule has 0 radical (unpaired) electrons. The summed E-state index contributed by atoms with van der Waals surface area (Å²) in [5, 5.41) is 33.8. The highest BCUT2D eigenvalue weighted by Gasteiger charge is 2.21. The van der Waals surface area contributed by atoms with Gasteiger partial charge in [-0.2, -0.15) is 17.0 Å². The van der Waals surface area contributed by atoms with Crippen LogP contribution in [0.1, 0.15) is 6.42 Å². The fourth-order valence-corrected chi connectivity index (χ4v) is 2.21. The fourth-order valence-electron chi connectivity index (χ4n) is 1.74. The number of carboxylic acids is 1. The Morgan fingerprint density at radius 3 is 2.80 bits per heavy atom. The molecule has 1 atom stereocenters. The Balaban J connectivity index is 2.83. The van der Waals surface area contributed by atoms with Crippen molar-refractivity contribution in [2.45, 2.75) is 12.5 Å². The Labute approximate surface area is 147 Å². The van der Waals surface area contributed by atoms with E-state index in [4.69, 9.17) is 10.4 Å². The van der Waals surface area contributed by atoms with Gasteiger partial charge in [-0.3, -0.25) is 14.9 Å². The number of rotatable bonds is 9. The molecule has 0 spiro atoms. The maximum absolute atomic E-state index is 12.0. The van der Waals surface area contributed by atoms with E-state index in [2.05, 4.69) is 10.6 Å². The van der Waals surface area contributed by atoms with Crippen molar-refractivity contribution in [2.24, 2.45) is 0 Å². The second-order valence-electron chi connectivity index (χ2n) is 4.77. The maximum atomic E-state index is 12.0. The van der Waals surface area contributed by atoms with Crippen LogP contribution in [0.25, 0.3) is 0 Å². The summed E-state index contributed by atoms with van der Waals surface area (Å²) in [5.74, 6) is -1.49. The normalized spacial score (nSPS) is 11.9. The summed E-state index contributed by atoms with van der Waals surface area (Å²) in [7, 11) is 0. The lowest BCUT2D eigenvalue weighted by molar-refractivity contribution is -0.384. The van der Waals surface area contributed by atoms with Crippen molar-refractivity contribution >= 4 is 35.0 Å². The number of nitriles is 1. The van der Waals surface area contributed by atoms with Crippen molar-refractivity contribution in [3.05, 3.63) is 46.2 Å². The van der Waals surface area contributed by atoms with Crippen LogP contribution in [0.4, 0.5) is 11.4 Å². The molecule has 25 heavy (non-hydrogen) atoms. The smallest absolute Gasteiger partial charge is 0.326 e. The SMILES string of the molecule is CSCCC(NC(=O)/C(C#N)=C\Nc1cccc([N+](=O)[O-])c1)C(=O)O. The molecule has 1 amide bonds. The number of benzene rings is 1. The number of anilines is 1. The van der Waals surface area contributed by atoms with Crippen LogP contribution in [-0.2, 0) is 9.59 Å². The minimum absolute atomic E-state index is 0.149. The van der Waals surface area contributed by atoms with Crippen molar-refractivity contribution in [1.82, 2.24) is 5.32 Å². The summed E-state index contributed by atoms with van der Waals surface area (Å²) < 4.78 is 0. The van der Waals surface area contributed by atoms with Crippen molar-refractivity contribution in [3.8, 4) is 6.07 Å². The van der Waals surface area contributed by atoms with Gasteiger partial charge in [-0.1, -0.05) is 6.07 Å². The number of thioether (sulfide) groups is 1. The number of aliphatic carboxylic acids is 1. The van der Waals surface area contributed by atoms with E-state index < -0.39 is 22.8 Å². The van der Waals surface area contributed by atoms with Gasteiger partial charge in [-0.15, -0.1) is 0 Å². The predicted molar refractivity (Wildman–Crippen MR) is 93.0 cm³/mol. The zero-order valence-electron chi connectivity index (χ0n) is 13.3. The van der Waals surface area contributed by atoms with Gasteiger partial charge in [0.1, 0.15) is 17.7 Å². The summed E-state index contributed by atoms with van der Waals surface area (Å²) in [5.41, 5.74) is -0.182. The zero-order chi connectivity index (χ0) is 18.8. The molecule has 1 aromatic rings. The first-order valence-electron chi connectivity index (χ1n) is 7.03. The molecule has 0 fully saturated rings. The zero-order valence-corrected chi connectivity index (χ0v) is 14.1. The Bertz CT molecular complexity index is 729. The molecule has 0 aliphatic rings. The first kappa shape index (κ1) is 20.0. The van der Waals surface area contributed by atoms with E-state index in [1.807, 2.05) is 6.26 Å². The summed E-state index contributed by atoms with van der Waals surface area (Å²) in [6, 6.07) is 6.07. The van der Waals surface area contributed by atoms with Crippen LogP contribution in [0.5, 0.6) is 0 Å². The third-order valence-corrected chi connectivity index (χ3v) is 3.66. The first-order chi connectivity index (χ1) is 11.9. The molecule has 0 aliphatic carbocycles. The number of hydrogen-bond donors (Lipinski definition) is 3. The van der Waals surface area contributed by atoms with Gasteiger partial charge in [0.2, 0.25) is 0 Å². The van der Waals surface area contributed by atoms with Crippen molar-refractivity contribution < 1.29 is 19.6 Å². The number of nitrogens with one attached hydrogen (secondary N) is 2. The van der Waals surface area contributed by atoms with Crippen LogP contribution < -0.4 is 10.6 Å². The van der Waals surface area contributed by atoms with Gasteiger partial charge >= 0.3 is 5.97 Å². The van der Waals surface area contributed by atoms with E-state index in [0.717, 1.165) is 6.20 Å². The molecule has 0 heterocycles. The predicted octanol–water partition coefficient (Wildman–Crippen LogP) is 1.74. The summed E-state index contributed by atoms with van der Waals surface area (Å²) in [6.07, 6.45) is 3.10. The lowest BCUT2D eigenvalue weighted by atomic mass is 10.2. The first-order valence-corrected chi connectivity index (χ1v) is 8.42. The lowest BCUT2D eigenvalue weighted by Gasteiger charge is -2.13. The van der Waals surface area contributed by atoms with Crippen LogP contribution in [-0.4, -0.2) is 40.0 Å². The number of non-ortho nitro benzene ring substituents is 1. The van der Waals surface area contributed by atoms with Gasteiger partial charge in [0.15, 0.2) is 0 Å². The maximum Gasteiger partial charge on any atom is 0.326 e. The van der Waals surface area contributed by atoms with Crippen LogP contribution in [0.2, 0.25) is 0 Å². The number of nitrogens with zero attached hydrogens (tertiary/aromatic N) is 2. The Morgan fingerprint density at radius 1 is 1.52 bits per heavy atom. The van der Waals surface area contributed by atoms with Crippen LogP contribution in [0.15, 0.2) is 36.0 Å². The lowest BCUT2D eigenvalue weighted by Crippen LogP contribution is -2.41. The fraction of sp³-hybridized carbons (Fsp3) is 0.267. The van der Waals surface area contributed by atoms with Gasteiger partial charge in [0.05, 0.1) is 4.92 Å². The highest BCUT2D eigenvalue weighted by atomic mass is 32.2. The van der Waals surface area contributed by atoms with Crippen LogP contribution in [0.3, 0.4) is 0 Å². The number of amides is 1. The molecule has 0 saturated carbocycles. The van der Waals surface area contributed by atoms with Crippen LogP contribution >= 0.6 is 11.8 Å². The average Bonchev–Trinajstić information content (AvgIpc) is 2.59. The molecule has 1 unspecified atom stereocenters. The number of carboxylic acid groups (broad SMARTS) is 1. The van der Waals surface area contributed by atoms with Gasteiger partial charge in [-0.25, -0.2) is 4.79 Å². The van der Waals surface area contributed by atoms with Gasteiger partial charge in [0.25, 0.3) is 11.6 Å². The number of carbonyl (C=O) groups excluding carboxylic acids is 1. The summed E-state index contributed by atoms with van der Waals surface area (Å²) in [6.45, 7) is 0. The van der Waals surface area contributed by atoms with Crippen molar-refractivity contribution in [3.63, 3.8) is 0 Å². The molecule has 1 aromatic carbocycles.